The number of imide groups is 1. The fourth-order valence-corrected chi connectivity index (χ4v) is 5.25. The highest BCUT2D eigenvalue weighted by Gasteiger charge is 2.62. The summed E-state index contributed by atoms with van der Waals surface area (Å²) in [4.78, 5) is 40.3. The number of rotatable bonds is 2. The molecule has 23 heavy (non-hydrogen) atoms. The average molecular weight is 349 g/mol. The molecule has 2 heterocycles. The molecule has 4 aliphatic rings. The molecule has 0 spiro atoms. The van der Waals surface area contributed by atoms with Crippen LogP contribution in [-0.2, 0) is 14.4 Å². The zero-order chi connectivity index (χ0) is 16.5. The lowest BCUT2D eigenvalue weighted by Crippen LogP contribution is -2.49. The zero-order valence-electron chi connectivity index (χ0n) is 12.6. The molecular weight excluding hydrogens is 334 g/mol. The summed E-state index contributed by atoms with van der Waals surface area (Å²) >= 11 is 6.35. The number of hydrazine groups is 1. The maximum absolute atomic E-state index is 12.8. The third kappa shape index (κ3) is 1.94. The lowest BCUT2D eigenvalue weighted by Gasteiger charge is -2.25. The van der Waals surface area contributed by atoms with E-state index in [1.807, 2.05) is 12.2 Å². The molecule has 1 saturated carbocycles. The Morgan fingerprint density at radius 2 is 1.70 bits per heavy atom. The van der Waals surface area contributed by atoms with E-state index < -0.39 is 5.91 Å². The van der Waals surface area contributed by atoms with Gasteiger partial charge in [0.25, 0.3) is 17.7 Å². The second kappa shape index (κ2) is 4.91. The van der Waals surface area contributed by atoms with Gasteiger partial charge >= 0.3 is 0 Å². The number of thioether (sulfide) groups is 1. The van der Waals surface area contributed by atoms with Crippen LogP contribution in [0.5, 0.6) is 0 Å². The van der Waals surface area contributed by atoms with E-state index in [1.54, 1.807) is 25.2 Å². The molecule has 2 aliphatic carbocycles. The molecule has 6 nitrogen and oxygen atoms in total. The summed E-state index contributed by atoms with van der Waals surface area (Å²) in [6, 6.07) is 0. The van der Waals surface area contributed by atoms with Crippen LogP contribution in [0.4, 0.5) is 0 Å². The van der Waals surface area contributed by atoms with Gasteiger partial charge in [-0.3, -0.25) is 14.4 Å². The van der Waals surface area contributed by atoms with Crippen molar-refractivity contribution in [1.29, 1.82) is 0 Å². The first-order valence-corrected chi connectivity index (χ1v) is 8.63. The Bertz CT molecular complexity index is 685. The SMILES string of the molecule is CN(C)/C=C1\SC(=S)N(N2C(=O)[C@@H]3[C@@H](C2=O)[C@H]2C=C[C@@H]3C2)C1=O. The van der Waals surface area contributed by atoms with E-state index in [0.717, 1.165) is 28.2 Å². The fourth-order valence-electron chi connectivity index (χ4n) is 3.94. The number of allylic oxidation sites excluding steroid dienone is 2. The minimum atomic E-state index is -0.407. The molecule has 2 aliphatic heterocycles. The van der Waals surface area contributed by atoms with E-state index in [-0.39, 0.29) is 39.8 Å². The number of amides is 3. The topological polar surface area (TPSA) is 60.9 Å². The fraction of sp³-hybridized carbons (Fsp3) is 0.467. The summed E-state index contributed by atoms with van der Waals surface area (Å²) < 4.78 is 0.227. The molecule has 0 unspecified atom stereocenters. The molecule has 4 atom stereocenters. The molecule has 0 radical (unpaired) electrons. The molecule has 0 aromatic rings. The van der Waals surface area contributed by atoms with Crippen molar-refractivity contribution >= 4 is 46.0 Å². The van der Waals surface area contributed by atoms with Gasteiger partial charge in [0.1, 0.15) is 0 Å². The van der Waals surface area contributed by atoms with Crippen molar-refractivity contribution in [3.63, 3.8) is 0 Å². The summed E-state index contributed by atoms with van der Waals surface area (Å²) in [5.74, 6) is -1.43. The van der Waals surface area contributed by atoms with Crippen LogP contribution in [0.2, 0.25) is 0 Å². The van der Waals surface area contributed by atoms with Crippen molar-refractivity contribution in [2.75, 3.05) is 14.1 Å². The van der Waals surface area contributed by atoms with Crippen molar-refractivity contribution in [3.8, 4) is 0 Å². The highest BCUT2D eigenvalue weighted by molar-refractivity contribution is 8.26. The minimum Gasteiger partial charge on any atom is -0.382 e. The largest absolute Gasteiger partial charge is 0.382 e. The van der Waals surface area contributed by atoms with Gasteiger partial charge in [-0.15, -0.1) is 0 Å². The van der Waals surface area contributed by atoms with Crippen LogP contribution in [0.15, 0.2) is 23.3 Å². The van der Waals surface area contributed by atoms with Gasteiger partial charge in [0.05, 0.1) is 16.7 Å². The summed E-state index contributed by atoms with van der Waals surface area (Å²) in [5, 5.41) is 2.08. The van der Waals surface area contributed by atoms with Crippen molar-refractivity contribution < 1.29 is 14.4 Å². The first-order valence-electron chi connectivity index (χ1n) is 7.40. The smallest absolute Gasteiger partial charge is 0.287 e. The Morgan fingerprint density at radius 1 is 1.13 bits per heavy atom. The maximum Gasteiger partial charge on any atom is 0.287 e. The van der Waals surface area contributed by atoms with E-state index in [9.17, 15) is 14.4 Å². The molecule has 120 valence electrons. The number of carbonyl (C=O) groups is 3. The molecule has 3 amide bonds. The molecule has 2 bridgehead atoms. The minimum absolute atomic E-state index is 0.113. The van der Waals surface area contributed by atoms with Crippen LogP contribution in [0, 0.1) is 23.7 Å². The van der Waals surface area contributed by atoms with Gasteiger partial charge in [-0.2, -0.15) is 10.0 Å². The summed E-state index contributed by atoms with van der Waals surface area (Å²) in [6.07, 6.45) is 6.56. The van der Waals surface area contributed by atoms with Crippen LogP contribution in [0.3, 0.4) is 0 Å². The summed E-state index contributed by atoms with van der Waals surface area (Å²) in [5.41, 5.74) is 0. The zero-order valence-corrected chi connectivity index (χ0v) is 14.3. The van der Waals surface area contributed by atoms with E-state index in [2.05, 4.69) is 0 Å². The Morgan fingerprint density at radius 3 is 2.22 bits per heavy atom. The van der Waals surface area contributed by atoms with Crippen molar-refractivity contribution in [2.24, 2.45) is 23.7 Å². The second-order valence-corrected chi connectivity index (χ2v) is 8.11. The third-order valence-corrected chi connectivity index (χ3v) is 6.07. The van der Waals surface area contributed by atoms with Crippen LogP contribution in [-0.4, -0.2) is 51.1 Å². The van der Waals surface area contributed by atoms with Gasteiger partial charge in [-0.25, -0.2) is 0 Å². The first kappa shape index (κ1) is 14.9. The predicted octanol–water partition coefficient (Wildman–Crippen LogP) is 0.972. The molecule has 0 aromatic carbocycles. The highest BCUT2D eigenvalue weighted by atomic mass is 32.2. The lowest BCUT2D eigenvalue weighted by molar-refractivity contribution is -0.159. The molecule has 0 N–H and O–H groups in total. The molecule has 2 saturated heterocycles. The van der Waals surface area contributed by atoms with Crippen molar-refractivity contribution in [1.82, 2.24) is 14.9 Å². The average Bonchev–Trinajstić information content (AvgIpc) is 3.19. The van der Waals surface area contributed by atoms with Gasteiger partial charge in [0.2, 0.25) is 0 Å². The molecule has 3 fully saturated rings. The Balaban J connectivity index is 1.67. The Hall–Kier alpha value is -1.67. The third-order valence-electron chi connectivity index (χ3n) is 4.80. The predicted molar refractivity (Wildman–Crippen MR) is 88.4 cm³/mol. The lowest BCUT2D eigenvalue weighted by atomic mass is 9.85. The first-order chi connectivity index (χ1) is 10.9. The summed E-state index contributed by atoms with van der Waals surface area (Å²) in [7, 11) is 3.60. The van der Waals surface area contributed by atoms with Gasteiger partial charge in [0.15, 0.2) is 4.32 Å². The highest BCUT2D eigenvalue weighted by Crippen LogP contribution is 2.53. The Labute approximate surface area is 143 Å². The van der Waals surface area contributed by atoms with Crippen LogP contribution in [0.25, 0.3) is 0 Å². The number of hydrogen-bond donors (Lipinski definition) is 0. The second-order valence-electron chi connectivity index (χ2n) is 6.43. The van der Waals surface area contributed by atoms with Gasteiger partial charge < -0.3 is 4.90 Å². The van der Waals surface area contributed by atoms with Gasteiger partial charge in [-0.05, 0) is 30.5 Å². The molecule has 8 heteroatoms. The molecular formula is C15H15N3O3S2. The van der Waals surface area contributed by atoms with Crippen molar-refractivity contribution in [3.05, 3.63) is 23.3 Å². The van der Waals surface area contributed by atoms with E-state index in [0.29, 0.717) is 4.91 Å². The number of nitrogens with zero attached hydrogens (tertiary/aromatic N) is 3. The summed E-state index contributed by atoms with van der Waals surface area (Å²) in [6.45, 7) is 0. The number of carbonyl (C=O) groups excluding carboxylic acids is 3. The van der Waals surface area contributed by atoms with E-state index in [4.69, 9.17) is 12.2 Å². The van der Waals surface area contributed by atoms with Gasteiger partial charge in [0, 0.05) is 20.3 Å². The maximum atomic E-state index is 12.8. The normalized spacial score (nSPS) is 36.9. The monoisotopic (exact) mass is 349 g/mol. The molecule has 4 rings (SSSR count). The van der Waals surface area contributed by atoms with Crippen molar-refractivity contribution in [2.45, 2.75) is 6.42 Å². The standard InChI is InChI=1S/C15H15N3O3S2/c1-16(2)6-9-12(19)18(15(22)23-9)17-13(20)10-7-3-4-8(5-7)11(10)14(17)21/h3-4,6-8,10-11H,5H2,1-2H3/b9-6-/t7-,8+,10-,11-/m0/s1. The van der Waals surface area contributed by atoms with E-state index in [1.165, 1.54) is 0 Å². The van der Waals surface area contributed by atoms with Crippen LogP contribution < -0.4 is 0 Å². The van der Waals surface area contributed by atoms with Crippen LogP contribution >= 0.6 is 24.0 Å². The number of thiocarbonyl (C=S) groups is 1. The van der Waals surface area contributed by atoms with Crippen LogP contribution in [0.1, 0.15) is 6.42 Å². The Kier molecular flexibility index (Phi) is 3.18. The molecule has 0 aromatic heterocycles. The quantitative estimate of drug-likeness (QED) is 0.320. The number of hydrogen-bond acceptors (Lipinski definition) is 6. The van der Waals surface area contributed by atoms with E-state index >= 15 is 0 Å². The number of fused-ring (bicyclic) bond motifs is 5. The van der Waals surface area contributed by atoms with Gasteiger partial charge in [-0.1, -0.05) is 23.9 Å².